The molecule has 0 aromatic heterocycles. The molecule has 19 heavy (non-hydrogen) atoms. The Morgan fingerprint density at radius 2 is 2.05 bits per heavy atom. The van der Waals surface area contributed by atoms with Gasteiger partial charge >= 0.3 is 5.97 Å². The van der Waals surface area contributed by atoms with Gasteiger partial charge in [0.2, 0.25) is 5.91 Å². The molecule has 1 aromatic carbocycles. The van der Waals surface area contributed by atoms with E-state index >= 15 is 0 Å². The van der Waals surface area contributed by atoms with Gasteiger partial charge in [-0.25, -0.2) is 0 Å². The minimum atomic E-state index is -0.906. The lowest BCUT2D eigenvalue weighted by atomic mass is 10.2. The largest absolute Gasteiger partial charge is 0.481 e. The van der Waals surface area contributed by atoms with Gasteiger partial charge in [0.05, 0.1) is 11.8 Å². The molecule has 102 valence electrons. The van der Waals surface area contributed by atoms with Crippen molar-refractivity contribution in [2.75, 3.05) is 7.05 Å². The van der Waals surface area contributed by atoms with Crippen molar-refractivity contribution in [1.29, 1.82) is 0 Å². The first-order valence-corrected chi connectivity index (χ1v) is 6.57. The number of hydrogen-bond donors (Lipinski definition) is 1. The maximum absolute atomic E-state index is 12.0. The Kier molecular flexibility index (Phi) is 4.02. The van der Waals surface area contributed by atoms with Crippen molar-refractivity contribution in [3.8, 4) is 0 Å². The molecule has 0 unspecified atom stereocenters. The Morgan fingerprint density at radius 1 is 1.37 bits per heavy atom. The van der Waals surface area contributed by atoms with Gasteiger partial charge in [-0.2, -0.15) is 0 Å². The molecular formula is C13H13Cl2NO3. The third-order valence-electron chi connectivity index (χ3n) is 3.22. The highest BCUT2D eigenvalue weighted by molar-refractivity contribution is 6.35. The zero-order valence-electron chi connectivity index (χ0n) is 10.3. The van der Waals surface area contributed by atoms with Crippen molar-refractivity contribution in [3.63, 3.8) is 0 Å². The molecule has 1 aromatic rings. The third kappa shape index (κ3) is 3.19. The third-order valence-corrected chi connectivity index (χ3v) is 3.81. The lowest BCUT2D eigenvalue weighted by Crippen LogP contribution is -2.28. The number of hydrogen-bond acceptors (Lipinski definition) is 2. The molecule has 1 aliphatic carbocycles. The predicted molar refractivity (Wildman–Crippen MR) is 72.2 cm³/mol. The average Bonchev–Trinajstić information content (AvgIpc) is 3.11. The molecule has 0 radical (unpaired) electrons. The maximum Gasteiger partial charge on any atom is 0.307 e. The summed E-state index contributed by atoms with van der Waals surface area (Å²) in [7, 11) is 1.64. The first-order valence-electron chi connectivity index (χ1n) is 5.82. The molecule has 1 N–H and O–H groups in total. The van der Waals surface area contributed by atoms with E-state index in [0.717, 1.165) is 5.56 Å². The van der Waals surface area contributed by atoms with E-state index in [1.165, 1.54) is 4.90 Å². The molecular weight excluding hydrogens is 289 g/mol. The lowest BCUT2D eigenvalue weighted by Gasteiger charge is -2.18. The Hall–Kier alpha value is -1.26. The van der Waals surface area contributed by atoms with Crippen molar-refractivity contribution in [1.82, 2.24) is 4.90 Å². The molecule has 0 heterocycles. The molecule has 6 heteroatoms. The fourth-order valence-corrected chi connectivity index (χ4v) is 2.48. The Labute approximate surface area is 120 Å². The van der Waals surface area contributed by atoms with E-state index in [1.807, 2.05) is 0 Å². The average molecular weight is 302 g/mol. The molecule has 0 spiro atoms. The summed E-state index contributed by atoms with van der Waals surface area (Å²) in [6.07, 6.45) is 0.423. The number of carboxylic acid groups (broad SMARTS) is 1. The predicted octanol–water partition coefficient (Wildman–Crippen LogP) is 2.67. The Bertz CT molecular complexity index is 533. The van der Waals surface area contributed by atoms with Gasteiger partial charge in [-0.3, -0.25) is 9.59 Å². The first kappa shape index (κ1) is 14.2. The summed E-state index contributed by atoms with van der Waals surface area (Å²) < 4.78 is 0. The molecule has 0 aliphatic heterocycles. The van der Waals surface area contributed by atoms with Crippen molar-refractivity contribution >= 4 is 35.1 Å². The SMILES string of the molecule is CN(Cc1ccc(Cl)cc1Cl)C(=O)[C@@H]1C[C@@H]1C(=O)O. The van der Waals surface area contributed by atoms with E-state index in [9.17, 15) is 9.59 Å². The van der Waals surface area contributed by atoms with Crippen molar-refractivity contribution in [2.24, 2.45) is 11.8 Å². The number of halogens is 2. The highest BCUT2D eigenvalue weighted by Crippen LogP contribution is 2.40. The second-order valence-corrected chi connectivity index (χ2v) is 5.56. The molecule has 0 saturated heterocycles. The summed E-state index contributed by atoms with van der Waals surface area (Å²) in [6.45, 7) is 0.345. The van der Waals surface area contributed by atoms with Gasteiger partial charge in [0.15, 0.2) is 0 Å². The molecule has 1 aliphatic rings. The minimum absolute atomic E-state index is 0.154. The van der Waals surface area contributed by atoms with Crippen molar-refractivity contribution in [2.45, 2.75) is 13.0 Å². The quantitative estimate of drug-likeness (QED) is 0.930. The lowest BCUT2D eigenvalue weighted by molar-refractivity contribution is -0.141. The van der Waals surface area contributed by atoms with E-state index in [-0.39, 0.29) is 5.91 Å². The van der Waals surface area contributed by atoms with E-state index in [1.54, 1.807) is 25.2 Å². The second-order valence-electron chi connectivity index (χ2n) is 4.72. The van der Waals surface area contributed by atoms with Crippen LogP contribution in [0.3, 0.4) is 0 Å². The van der Waals surface area contributed by atoms with Crippen molar-refractivity contribution < 1.29 is 14.7 Å². The molecule has 2 rings (SSSR count). The Morgan fingerprint density at radius 3 is 2.58 bits per heavy atom. The molecule has 1 amide bonds. The van der Waals surface area contributed by atoms with Crippen LogP contribution >= 0.6 is 23.2 Å². The number of amides is 1. The zero-order valence-corrected chi connectivity index (χ0v) is 11.8. The number of benzene rings is 1. The zero-order chi connectivity index (χ0) is 14.2. The van der Waals surface area contributed by atoms with Gasteiger partial charge in [0, 0.05) is 23.6 Å². The standard InChI is InChI=1S/C13H13Cl2NO3/c1-16(12(17)9-5-10(9)13(18)19)6-7-2-3-8(14)4-11(7)15/h2-4,9-10H,5-6H2,1H3,(H,18,19)/t9-,10+/m1/s1. The fraction of sp³-hybridized carbons (Fsp3) is 0.385. The van der Waals surface area contributed by atoms with Gasteiger partial charge < -0.3 is 10.0 Å². The maximum atomic E-state index is 12.0. The van der Waals surface area contributed by atoms with Crippen LogP contribution in [-0.2, 0) is 16.1 Å². The number of aliphatic carboxylic acids is 1. The topological polar surface area (TPSA) is 57.6 Å². The second kappa shape index (κ2) is 5.39. The molecule has 4 nitrogen and oxygen atoms in total. The van der Waals surface area contributed by atoms with E-state index < -0.39 is 17.8 Å². The summed E-state index contributed by atoms with van der Waals surface area (Å²) in [5, 5.41) is 9.85. The summed E-state index contributed by atoms with van der Waals surface area (Å²) >= 11 is 11.8. The molecule has 1 saturated carbocycles. The van der Waals surface area contributed by atoms with Crippen LogP contribution < -0.4 is 0 Å². The number of rotatable bonds is 4. The first-order chi connectivity index (χ1) is 8.90. The normalized spacial score (nSPS) is 21.0. The molecule has 2 atom stereocenters. The van der Waals surface area contributed by atoms with Crippen LogP contribution in [0.25, 0.3) is 0 Å². The van der Waals surface area contributed by atoms with Crippen LogP contribution in [-0.4, -0.2) is 28.9 Å². The molecule has 1 fully saturated rings. The smallest absolute Gasteiger partial charge is 0.307 e. The minimum Gasteiger partial charge on any atom is -0.481 e. The summed E-state index contributed by atoms with van der Waals surface area (Å²) in [5.41, 5.74) is 0.787. The van der Waals surface area contributed by atoms with Crippen molar-refractivity contribution in [3.05, 3.63) is 33.8 Å². The monoisotopic (exact) mass is 301 g/mol. The fourth-order valence-electron chi connectivity index (χ4n) is 2.01. The van der Waals surface area contributed by atoms with Gasteiger partial charge in [-0.05, 0) is 24.1 Å². The van der Waals surface area contributed by atoms with Crippen LogP contribution in [0.1, 0.15) is 12.0 Å². The van der Waals surface area contributed by atoms with E-state index in [2.05, 4.69) is 0 Å². The van der Waals surface area contributed by atoms with Crippen LogP contribution in [0.2, 0.25) is 10.0 Å². The van der Waals surface area contributed by atoms with E-state index in [0.29, 0.717) is 23.0 Å². The number of carbonyl (C=O) groups excluding carboxylic acids is 1. The Balaban J connectivity index is 1.99. The van der Waals surface area contributed by atoms with Crippen LogP contribution in [0, 0.1) is 11.8 Å². The summed E-state index contributed by atoms with van der Waals surface area (Å²) in [5.74, 6) is -1.99. The number of carboxylic acids is 1. The number of carbonyl (C=O) groups is 2. The van der Waals surface area contributed by atoms with E-state index in [4.69, 9.17) is 28.3 Å². The highest BCUT2D eigenvalue weighted by atomic mass is 35.5. The number of nitrogens with zero attached hydrogens (tertiary/aromatic N) is 1. The van der Waals surface area contributed by atoms with Gasteiger partial charge in [0.1, 0.15) is 0 Å². The van der Waals surface area contributed by atoms with Gasteiger partial charge in [0.25, 0.3) is 0 Å². The van der Waals surface area contributed by atoms with Crippen LogP contribution in [0.15, 0.2) is 18.2 Å². The summed E-state index contributed by atoms with van der Waals surface area (Å²) in [4.78, 5) is 24.2. The van der Waals surface area contributed by atoms with Crippen LogP contribution in [0.4, 0.5) is 0 Å². The van der Waals surface area contributed by atoms with Crippen LogP contribution in [0.5, 0.6) is 0 Å². The highest BCUT2D eigenvalue weighted by Gasteiger charge is 2.49. The van der Waals surface area contributed by atoms with Gasteiger partial charge in [-0.15, -0.1) is 0 Å². The van der Waals surface area contributed by atoms with Gasteiger partial charge in [-0.1, -0.05) is 29.3 Å². The summed E-state index contributed by atoms with van der Waals surface area (Å²) in [6, 6.07) is 5.09. The molecule has 0 bridgehead atoms.